The van der Waals surface area contributed by atoms with Crippen molar-refractivity contribution in [1.82, 2.24) is 19.5 Å². The Kier molecular flexibility index (Phi) is 3.59. The molecule has 4 aliphatic carbocycles. The first-order valence-electron chi connectivity index (χ1n) is 10.6. The van der Waals surface area contributed by atoms with Crippen molar-refractivity contribution in [2.24, 2.45) is 0 Å². The molecular formula is C23H25FN6. The van der Waals surface area contributed by atoms with Gasteiger partial charge in [-0.25, -0.2) is 14.4 Å². The molecule has 1 atom stereocenters. The summed E-state index contributed by atoms with van der Waals surface area (Å²) in [6.07, 6.45) is 9.23. The van der Waals surface area contributed by atoms with Crippen LogP contribution in [0.5, 0.6) is 0 Å². The van der Waals surface area contributed by atoms with Crippen LogP contribution in [0.3, 0.4) is 0 Å². The first-order valence-corrected chi connectivity index (χ1v) is 10.6. The van der Waals surface area contributed by atoms with Crippen molar-refractivity contribution in [3.63, 3.8) is 0 Å². The smallest absolute Gasteiger partial charge is 0.225 e. The molecule has 2 N–H and O–H groups in total. The molecule has 0 amide bonds. The summed E-state index contributed by atoms with van der Waals surface area (Å²) in [5, 5.41) is 6.91. The fourth-order valence-corrected chi connectivity index (χ4v) is 5.80. The topological polar surface area (TPSA) is 67.7 Å². The maximum atomic E-state index is 13.4. The summed E-state index contributed by atoms with van der Waals surface area (Å²) in [7, 11) is 1.91. The van der Waals surface area contributed by atoms with Gasteiger partial charge in [-0.05, 0) is 56.7 Å². The van der Waals surface area contributed by atoms with E-state index in [9.17, 15) is 4.39 Å². The van der Waals surface area contributed by atoms with Gasteiger partial charge in [0.15, 0.2) is 0 Å². The summed E-state index contributed by atoms with van der Waals surface area (Å²) in [4.78, 5) is 14.1. The molecule has 6 nitrogen and oxygen atoms in total. The lowest BCUT2D eigenvalue weighted by Crippen LogP contribution is -2.75. The molecule has 3 fully saturated rings. The summed E-state index contributed by atoms with van der Waals surface area (Å²) < 4.78 is 15.7. The van der Waals surface area contributed by atoms with Crippen LogP contribution in [0.4, 0.5) is 16.2 Å². The van der Waals surface area contributed by atoms with Crippen LogP contribution in [-0.4, -0.2) is 32.1 Å². The number of fused-ring (bicyclic) bond motifs is 1. The zero-order chi connectivity index (χ0) is 20.5. The number of benzene rings is 1. The summed E-state index contributed by atoms with van der Waals surface area (Å²) in [5.41, 5.74) is 4.72. The Morgan fingerprint density at radius 2 is 1.90 bits per heavy atom. The van der Waals surface area contributed by atoms with E-state index in [0.29, 0.717) is 5.95 Å². The van der Waals surface area contributed by atoms with E-state index < -0.39 is 0 Å². The van der Waals surface area contributed by atoms with Gasteiger partial charge in [-0.3, -0.25) is 0 Å². The van der Waals surface area contributed by atoms with Gasteiger partial charge < -0.3 is 15.2 Å². The number of nitrogens with one attached hydrogen (secondary N) is 2. The summed E-state index contributed by atoms with van der Waals surface area (Å²) in [6.45, 7) is 2.03. The molecule has 3 saturated carbocycles. The highest BCUT2D eigenvalue weighted by atomic mass is 19.1. The molecule has 1 aromatic carbocycles. The minimum atomic E-state index is -0.205. The van der Waals surface area contributed by atoms with Crippen molar-refractivity contribution in [2.75, 3.05) is 17.7 Å². The van der Waals surface area contributed by atoms with Crippen molar-refractivity contribution in [2.45, 2.75) is 56.0 Å². The molecule has 0 saturated heterocycles. The molecule has 2 aromatic heterocycles. The second-order valence-electron chi connectivity index (χ2n) is 9.23. The van der Waals surface area contributed by atoms with Gasteiger partial charge in [0.1, 0.15) is 11.6 Å². The lowest BCUT2D eigenvalue weighted by molar-refractivity contribution is -0.100. The SMILES string of the molecule is CNc1nc(NC23CC(n4cnc(C)c4)(C2)C3)nc2c1CC[C@H]2c1ccc(F)cc1. The highest BCUT2D eigenvalue weighted by Crippen LogP contribution is 2.66. The molecule has 7 heteroatoms. The van der Waals surface area contributed by atoms with Crippen LogP contribution in [0.15, 0.2) is 36.8 Å². The van der Waals surface area contributed by atoms with Crippen molar-refractivity contribution < 1.29 is 4.39 Å². The van der Waals surface area contributed by atoms with Gasteiger partial charge in [-0.1, -0.05) is 12.1 Å². The van der Waals surface area contributed by atoms with Gasteiger partial charge in [0, 0.05) is 30.3 Å². The molecule has 30 heavy (non-hydrogen) atoms. The summed E-state index contributed by atoms with van der Waals surface area (Å²) in [5.74, 6) is 1.58. The van der Waals surface area contributed by atoms with E-state index in [0.717, 1.165) is 54.9 Å². The van der Waals surface area contributed by atoms with Gasteiger partial charge in [0.2, 0.25) is 5.95 Å². The van der Waals surface area contributed by atoms with Crippen LogP contribution in [0.1, 0.15) is 54.1 Å². The van der Waals surface area contributed by atoms with Crippen LogP contribution in [0, 0.1) is 12.7 Å². The predicted molar refractivity (Wildman–Crippen MR) is 113 cm³/mol. The number of hydrogen-bond acceptors (Lipinski definition) is 5. The quantitative estimate of drug-likeness (QED) is 0.673. The molecule has 0 radical (unpaired) electrons. The number of imidazole rings is 1. The van der Waals surface area contributed by atoms with E-state index in [4.69, 9.17) is 9.97 Å². The molecule has 7 rings (SSSR count). The average molecular weight is 404 g/mol. The number of nitrogens with zero attached hydrogens (tertiary/aromatic N) is 4. The predicted octanol–water partition coefficient (Wildman–Crippen LogP) is 3.98. The van der Waals surface area contributed by atoms with E-state index >= 15 is 0 Å². The second-order valence-corrected chi connectivity index (χ2v) is 9.23. The monoisotopic (exact) mass is 404 g/mol. The largest absolute Gasteiger partial charge is 0.373 e. The lowest BCUT2D eigenvalue weighted by atomic mass is 9.44. The zero-order valence-electron chi connectivity index (χ0n) is 17.2. The standard InChI is InChI=1S/C23H25FN6/c1-14-9-30(13-26-14)23-10-22(11-23,12-23)29-21-27-19-17(15-3-5-16(24)6-4-15)7-8-18(19)20(25-2)28-21/h3-6,9,13,17H,7-8,10-12H2,1-2H3,(H2,25,27,28,29)/t17-,22?,23?/m0/s1. The van der Waals surface area contributed by atoms with Crippen molar-refractivity contribution in [3.05, 3.63) is 65.1 Å². The fourth-order valence-electron chi connectivity index (χ4n) is 5.80. The molecule has 0 aliphatic heterocycles. The Hall–Kier alpha value is -2.96. The highest BCUT2D eigenvalue weighted by molar-refractivity contribution is 5.56. The minimum absolute atomic E-state index is 0.0847. The van der Waals surface area contributed by atoms with E-state index in [-0.39, 0.29) is 22.8 Å². The number of halogens is 1. The molecule has 2 heterocycles. The van der Waals surface area contributed by atoms with Gasteiger partial charge >= 0.3 is 0 Å². The molecule has 0 spiro atoms. The van der Waals surface area contributed by atoms with Crippen LogP contribution < -0.4 is 10.6 Å². The van der Waals surface area contributed by atoms with Crippen molar-refractivity contribution >= 4 is 11.8 Å². The third-order valence-corrected chi connectivity index (χ3v) is 7.20. The first-order chi connectivity index (χ1) is 14.5. The molecule has 0 unspecified atom stereocenters. The van der Waals surface area contributed by atoms with Crippen LogP contribution in [-0.2, 0) is 12.0 Å². The fraction of sp³-hybridized carbons (Fsp3) is 0.435. The number of rotatable bonds is 5. The van der Waals surface area contributed by atoms with Crippen molar-refractivity contribution in [3.8, 4) is 0 Å². The van der Waals surface area contributed by atoms with E-state index in [1.165, 1.54) is 17.7 Å². The molecular weight excluding hydrogens is 379 g/mol. The second kappa shape index (κ2) is 6.03. The normalized spacial score (nSPS) is 28.4. The van der Waals surface area contributed by atoms with Crippen molar-refractivity contribution in [1.29, 1.82) is 0 Å². The van der Waals surface area contributed by atoms with Gasteiger partial charge in [-0.2, -0.15) is 4.98 Å². The van der Waals surface area contributed by atoms with Crippen LogP contribution in [0.25, 0.3) is 0 Å². The Bertz CT molecular complexity index is 1120. The number of anilines is 2. The lowest BCUT2D eigenvalue weighted by Gasteiger charge is -2.70. The van der Waals surface area contributed by atoms with Crippen LogP contribution in [0.2, 0.25) is 0 Å². The summed E-state index contributed by atoms with van der Waals surface area (Å²) in [6, 6.07) is 6.82. The maximum absolute atomic E-state index is 13.4. The van der Waals surface area contributed by atoms with E-state index in [1.807, 2.05) is 32.4 Å². The third kappa shape index (κ3) is 2.50. The Labute approximate surface area is 175 Å². The molecule has 154 valence electrons. The third-order valence-electron chi connectivity index (χ3n) is 7.20. The van der Waals surface area contributed by atoms with Gasteiger partial charge in [0.05, 0.1) is 23.3 Å². The Balaban J connectivity index is 1.27. The number of aryl methyl sites for hydroxylation is 1. The number of aromatic nitrogens is 4. The highest BCUT2D eigenvalue weighted by Gasteiger charge is 2.69. The maximum Gasteiger partial charge on any atom is 0.225 e. The van der Waals surface area contributed by atoms with Crippen LogP contribution >= 0.6 is 0 Å². The van der Waals surface area contributed by atoms with E-state index in [1.54, 1.807) is 0 Å². The first kappa shape index (κ1) is 17.9. The minimum Gasteiger partial charge on any atom is -0.373 e. The molecule has 3 aromatic rings. The van der Waals surface area contributed by atoms with E-state index in [2.05, 4.69) is 26.4 Å². The average Bonchev–Trinajstić information content (AvgIpc) is 3.30. The Morgan fingerprint density at radius 1 is 1.13 bits per heavy atom. The van der Waals surface area contributed by atoms with Gasteiger partial charge in [-0.15, -0.1) is 0 Å². The zero-order valence-corrected chi connectivity index (χ0v) is 17.2. The summed E-state index contributed by atoms with van der Waals surface area (Å²) >= 11 is 0. The molecule has 4 aliphatic rings. The number of hydrogen-bond donors (Lipinski definition) is 2. The van der Waals surface area contributed by atoms with Gasteiger partial charge in [0.25, 0.3) is 0 Å². The molecule has 2 bridgehead atoms. The Morgan fingerprint density at radius 3 is 2.57 bits per heavy atom.